The maximum atomic E-state index is 12.3. The second-order valence-electron chi connectivity index (χ2n) is 6.21. The molecular formula is C16H25N5O. The predicted molar refractivity (Wildman–Crippen MR) is 87.1 cm³/mol. The Labute approximate surface area is 130 Å². The van der Waals surface area contributed by atoms with E-state index in [0.29, 0.717) is 17.3 Å². The summed E-state index contributed by atoms with van der Waals surface area (Å²) in [5, 5.41) is 8.41. The van der Waals surface area contributed by atoms with Gasteiger partial charge in [-0.2, -0.15) is 5.10 Å². The second kappa shape index (κ2) is 6.60. The van der Waals surface area contributed by atoms with Crippen molar-refractivity contribution in [3.05, 3.63) is 22.4 Å². The summed E-state index contributed by atoms with van der Waals surface area (Å²) in [5.74, 6) is 1.36. The van der Waals surface area contributed by atoms with E-state index in [-0.39, 0.29) is 5.56 Å². The summed E-state index contributed by atoms with van der Waals surface area (Å²) in [4.78, 5) is 20.0. The lowest BCUT2D eigenvalue weighted by Gasteiger charge is -2.23. The standard InChI is InChI=1S/C16H25N5O/c1-3-11(4-2)9-14-19-15-13(16(22)20-14)10-18-21(15)12-5-7-17-8-6-12/h10-12,17H,3-9H2,1-2H3,(H,19,20,22). The average molecular weight is 303 g/mol. The molecular weight excluding hydrogens is 278 g/mol. The van der Waals surface area contributed by atoms with Crippen molar-refractivity contribution >= 4 is 11.0 Å². The molecule has 2 aromatic heterocycles. The van der Waals surface area contributed by atoms with E-state index in [1.165, 1.54) is 0 Å². The van der Waals surface area contributed by atoms with Gasteiger partial charge in [-0.1, -0.05) is 26.7 Å². The molecule has 0 aliphatic carbocycles. The Morgan fingerprint density at radius 2 is 2.05 bits per heavy atom. The first kappa shape index (κ1) is 15.2. The van der Waals surface area contributed by atoms with Crippen LogP contribution in [-0.4, -0.2) is 32.8 Å². The van der Waals surface area contributed by atoms with Gasteiger partial charge in [0, 0.05) is 6.42 Å². The van der Waals surface area contributed by atoms with Gasteiger partial charge in [0.05, 0.1) is 12.2 Å². The molecule has 120 valence electrons. The largest absolute Gasteiger partial charge is 0.317 e. The Bertz CT molecular complexity index is 679. The van der Waals surface area contributed by atoms with E-state index in [2.05, 4.69) is 29.2 Å². The molecule has 0 spiro atoms. The van der Waals surface area contributed by atoms with Gasteiger partial charge in [-0.15, -0.1) is 0 Å². The van der Waals surface area contributed by atoms with Crippen molar-refractivity contribution < 1.29 is 0 Å². The first-order valence-electron chi connectivity index (χ1n) is 8.40. The van der Waals surface area contributed by atoms with Gasteiger partial charge in [0.2, 0.25) is 0 Å². The summed E-state index contributed by atoms with van der Waals surface area (Å²) < 4.78 is 1.96. The lowest BCUT2D eigenvalue weighted by atomic mass is 9.99. The van der Waals surface area contributed by atoms with Crippen molar-refractivity contribution in [1.82, 2.24) is 25.1 Å². The van der Waals surface area contributed by atoms with E-state index in [0.717, 1.165) is 56.7 Å². The fraction of sp³-hybridized carbons (Fsp3) is 0.688. The highest BCUT2D eigenvalue weighted by atomic mass is 16.1. The fourth-order valence-corrected chi connectivity index (χ4v) is 3.25. The topological polar surface area (TPSA) is 75.6 Å². The summed E-state index contributed by atoms with van der Waals surface area (Å²) in [5.41, 5.74) is 0.683. The van der Waals surface area contributed by atoms with Crippen LogP contribution in [0.2, 0.25) is 0 Å². The van der Waals surface area contributed by atoms with Crippen LogP contribution in [0.15, 0.2) is 11.0 Å². The smallest absolute Gasteiger partial charge is 0.262 e. The van der Waals surface area contributed by atoms with Crippen LogP contribution in [0.25, 0.3) is 11.0 Å². The SMILES string of the molecule is CCC(CC)Cc1nc2c(cnn2C2CCNCC2)c(=O)[nH]1. The first-order chi connectivity index (χ1) is 10.7. The first-order valence-corrected chi connectivity index (χ1v) is 8.40. The molecule has 22 heavy (non-hydrogen) atoms. The normalized spacial score (nSPS) is 16.7. The molecule has 1 saturated heterocycles. The maximum Gasteiger partial charge on any atom is 0.262 e. The van der Waals surface area contributed by atoms with Gasteiger partial charge in [-0.05, 0) is 31.8 Å². The van der Waals surface area contributed by atoms with Gasteiger partial charge < -0.3 is 10.3 Å². The highest BCUT2D eigenvalue weighted by Gasteiger charge is 2.20. The van der Waals surface area contributed by atoms with E-state index in [4.69, 9.17) is 4.98 Å². The van der Waals surface area contributed by atoms with Crippen LogP contribution in [0.1, 0.15) is 51.4 Å². The van der Waals surface area contributed by atoms with Gasteiger partial charge in [-0.3, -0.25) is 4.79 Å². The van der Waals surface area contributed by atoms with Gasteiger partial charge in [0.15, 0.2) is 5.65 Å². The van der Waals surface area contributed by atoms with Crippen LogP contribution >= 0.6 is 0 Å². The minimum Gasteiger partial charge on any atom is -0.317 e. The number of rotatable bonds is 5. The molecule has 3 rings (SSSR count). The van der Waals surface area contributed by atoms with Crippen molar-refractivity contribution in [3.8, 4) is 0 Å². The zero-order chi connectivity index (χ0) is 15.5. The van der Waals surface area contributed by atoms with Crippen molar-refractivity contribution in [1.29, 1.82) is 0 Å². The maximum absolute atomic E-state index is 12.3. The molecule has 1 aliphatic heterocycles. The molecule has 0 bridgehead atoms. The van der Waals surface area contributed by atoms with Crippen LogP contribution in [-0.2, 0) is 6.42 Å². The minimum atomic E-state index is -0.0638. The Hall–Kier alpha value is -1.69. The number of nitrogens with zero attached hydrogens (tertiary/aromatic N) is 3. The zero-order valence-electron chi connectivity index (χ0n) is 13.4. The van der Waals surface area contributed by atoms with Crippen molar-refractivity contribution in [2.75, 3.05) is 13.1 Å². The molecule has 0 amide bonds. The number of nitrogens with one attached hydrogen (secondary N) is 2. The summed E-state index contributed by atoms with van der Waals surface area (Å²) in [6, 6.07) is 0.342. The summed E-state index contributed by atoms with van der Waals surface area (Å²) in [6.07, 6.45) is 6.76. The molecule has 0 unspecified atom stereocenters. The number of aromatic amines is 1. The van der Waals surface area contributed by atoms with Crippen molar-refractivity contribution in [2.45, 2.75) is 52.0 Å². The third-order valence-electron chi connectivity index (χ3n) is 4.80. The van der Waals surface area contributed by atoms with Gasteiger partial charge in [0.1, 0.15) is 11.2 Å². The average Bonchev–Trinajstić information content (AvgIpc) is 2.98. The van der Waals surface area contributed by atoms with Crippen LogP contribution in [0, 0.1) is 5.92 Å². The molecule has 0 atom stereocenters. The van der Waals surface area contributed by atoms with E-state index >= 15 is 0 Å². The number of aromatic nitrogens is 4. The molecule has 1 fully saturated rings. The lowest BCUT2D eigenvalue weighted by molar-refractivity contribution is 0.349. The summed E-state index contributed by atoms with van der Waals surface area (Å²) in [7, 11) is 0. The summed E-state index contributed by atoms with van der Waals surface area (Å²) in [6.45, 7) is 6.36. The number of fused-ring (bicyclic) bond motifs is 1. The van der Waals surface area contributed by atoms with Crippen LogP contribution < -0.4 is 10.9 Å². The molecule has 2 aromatic rings. The predicted octanol–water partition coefficient (Wildman–Crippen LogP) is 2.02. The molecule has 6 heteroatoms. The minimum absolute atomic E-state index is 0.0638. The third kappa shape index (κ3) is 2.92. The molecule has 0 radical (unpaired) electrons. The molecule has 6 nitrogen and oxygen atoms in total. The highest BCUT2D eigenvalue weighted by molar-refractivity contribution is 5.73. The van der Waals surface area contributed by atoms with Crippen LogP contribution in [0.4, 0.5) is 0 Å². The number of piperidine rings is 1. The molecule has 0 saturated carbocycles. The Morgan fingerprint density at radius 1 is 1.32 bits per heavy atom. The van der Waals surface area contributed by atoms with Crippen molar-refractivity contribution in [3.63, 3.8) is 0 Å². The summed E-state index contributed by atoms with van der Waals surface area (Å²) >= 11 is 0. The molecule has 0 aromatic carbocycles. The Kier molecular flexibility index (Phi) is 4.57. The van der Waals surface area contributed by atoms with Crippen molar-refractivity contribution in [2.24, 2.45) is 5.92 Å². The second-order valence-corrected chi connectivity index (χ2v) is 6.21. The van der Waals surface area contributed by atoms with E-state index < -0.39 is 0 Å². The highest BCUT2D eigenvalue weighted by Crippen LogP contribution is 2.22. The van der Waals surface area contributed by atoms with E-state index in [9.17, 15) is 4.79 Å². The number of hydrogen-bond donors (Lipinski definition) is 2. The van der Waals surface area contributed by atoms with Gasteiger partial charge in [0.25, 0.3) is 5.56 Å². The van der Waals surface area contributed by atoms with E-state index in [1.54, 1.807) is 6.20 Å². The molecule has 2 N–H and O–H groups in total. The Morgan fingerprint density at radius 3 is 2.73 bits per heavy atom. The van der Waals surface area contributed by atoms with Crippen LogP contribution in [0.3, 0.4) is 0 Å². The lowest BCUT2D eigenvalue weighted by Crippen LogP contribution is -2.30. The quantitative estimate of drug-likeness (QED) is 0.886. The fourth-order valence-electron chi connectivity index (χ4n) is 3.25. The zero-order valence-corrected chi connectivity index (χ0v) is 13.4. The van der Waals surface area contributed by atoms with Crippen LogP contribution in [0.5, 0.6) is 0 Å². The van der Waals surface area contributed by atoms with E-state index in [1.807, 2.05) is 4.68 Å². The van der Waals surface area contributed by atoms with Gasteiger partial charge in [-0.25, -0.2) is 9.67 Å². The number of hydrogen-bond acceptors (Lipinski definition) is 4. The Balaban J connectivity index is 1.97. The molecule has 3 heterocycles. The molecule has 1 aliphatic rings. The monoisotopic (exact) mass is 303 g/mol. The third-order valence-corrected chi connectivity index (χ3v) is 4.80. The van der Waals surface area contributed by atoms with Gasteiger partial charge >= 0.3 is 0 Å². The number of H-pyrrole nitrogens is 1.